The summed E-state index contributed by atoms with van der Waals surface area (Å²) in [6.07, 6.45) is 2.39. The third-order valence-electron chi connectivity index (χ3n) is 2.37. The van der Waals surface area contributed by atoms with Crippen LogP contribution in [0, 0.1) is 11.3 Å². The summed E-state index contributed by atoms with van der Waals surface area (Å²) in [6.45, 7) is 11.2. The molecule has 2 N–H and O–H groups in total. The van der Waals surface area contributed by atoms with Crippen LogP contribution in [0.3, 0.4) is 0 Å². The molecular formula is C10H23N. The highest BCUT2D eigenvalue weighted by Gasteiger charge is 2.23. The molecule has 0 amide bonds. The average Bonchev–Trinajstić information content (AvgIpc) is 1.79. The third-order valence-corrected chi connectivity index (χ3v) is 2.37. The van der Waals surface area contributed by atoms with Gasteiger partial charge < -0.3 is 5.73 Å². The maximum Gasteiger partial charge on any atom is 0.00133 e. The lowest BCUT2D eigenvalue weighted by Gasteiger charge is -2.31. The molecule has 0 aliphatic heterocycles. The van der Waals surface area contributed by atoms with Crippen molar-refractivity contribution in [3.63, 3.8) is 0 Å². The highest BCUT2D eigenvalue weighted by atomic mass is 14.6. The van der Waals surface area contributed by atoms with E-state index in [0.717, 1.165) is 12.3 Å². The molecule has 0 radical (unpaired) electrons. The summed E-state index contributed by atoms with van der Waals surface area (Å²) >= 11 is 0. The average molecular weight is 157 g/mol. The molecule has 0 saturated carbocycles. The van der Waals surface area contributed by atoms with E-state index in [1.807, 2.05) is 0 Å². The molecule has 1 heteroatoms. The van der Waals surface area contributed by atoms with E-state index < -0.39 is 0 Å². The highest BCUT2D eigenvalue weighted by molar-refractivity contribution is 4.75. The lowest BCUT2D eigenvalue weighted by molar-refractivity contribution is 0.209. The van der Waals surface area contributed by atoms with E-state index in [0.29, 0.717) is 11.5 Å². The van der Waals surface area contributed by atoms with Gasteiger partial charge in [0.15, 0.2) is 0 Å². The van der Waals surface area contributed by atoms with Crippen molar-refractivity contribution in [1.29, 1.82) is 0 Å². The van der Waals surface area contributed by atoms with Gasteiger partial charge in [-0.2, -0.15) is 0 Å². The van der Waals surface area contributed by atoms with Crippen molar-refractivity contribution in [3.05, 3.63) is 0 Å². The Labute approximate surface area is 71.4 Å². The van der Waals surface area contributed by atoms with Gasteiger partial charge in [-0.3, -0.25) is 0 Å². The summed E-state index contributed by atoms with van der Waals surface area (Å²) in [4.78, 5) is 0. The number of rotatable bonds is 3. The molecule has 0 aromatic carbocycles. The maximum atomic E-state index is 5.77. The smallest absolute Gasteiger partial charge is 0.00133 e. The Hall–Kier alpha value is -0.0400. The molecule has 0 aliphatic carbocycles. The second kappa shape index (κ2) is 4.10. The first kappa shape index (κ1) is 11.0. The van der Waals surface area contributed by atoms with Crippen LogP contribution in [0.2, 0.25) is 0 Å². The maximum absolute atomic E-state index is 5.77. The van der Waals surface area contributed by atoms with Gasteiger partial charge in [-0.25, -0.2) is 0 Å². The highest BCUT2D eigenvalue weighted by Crippen LogP contribution is 2.31. The van der Waals surface area contributed by atoms with Crippen molar-refractivity contribution >= 4 is 0 Å². The van der Waals surface area contributed by atoms with E-state index >= 15 is 0 Å². The first-order valence-electron chi connectivity index (χ1n) is 4.63. The van der Waals surface area contributed by atoms with E-state index in [4.69, 9.17) is 5.73 Å². The van der Waals surface area contributed by atoms with Crippen molar-refractivity contribution < 1.29 is 0 Å². The zero-order chi connectivity index (χ0) is 9.07. The van der Waals surface area contributed by atoms with Crippen LogP contribution in [0.15, 0.2) is 0 Å². The van der Waals surface area contributed by atoms with Gasteiger partial charge >= 0.3 is 0 Å². The summed E-state index contributed by atoms with van der Waals surface area (Å²) in [7, 11) is 0. The molecule has 0 aromatic rings. The molecule has 2 atom stereocenters. The molecule has 0 aromatic heterocycles. The van der Waals surface area contributed by atoms with Crippen molar-refractivity contribution in [3.8, 4) is 0 Å². The fraction of sp³-hybridized carbons (Fsp3) is 1.00. The zero-order valence-corrected chi connectivity index (χ0v) is 8.65. The summed E-state index contributed by atoms with van der Waals surface area (Å²) in [5, 5.41) is 0. The normalized spacial score (nSPS) is 18.0. The first-order valence-corrected chi connectivity index (χ1v) is 4.63. The van der Waals surface area contributed by atoms with Gasteiger partial charge in [0.2, 0.25) is 0 Å². The van der Waals surface area contributed by atoms with Crippen LogP contribution in [0.1, 0.15) is 47.5 Å². The van der Waals surface area contributed by atoms with Crippen LogP contribution in [0.4, 0.5) is 0 Å². The Bertz CT molecular complexity index is 99.9. The van der Waals surface area contributed by atoms with E-state index in [1.165, 1.54) is 6.42 Å². The molecule has 0 aliphatic rings. The molecule has 68 valence electrons. The predicted molar refractivity (Wildman–Crippen MR) is 51.5 cm³/mol. The summed E-state index contributed by atoms with van der Waals surface area (Å²) in [5.41, 5.74) is 6.18. The fourth-order valence-corrected chi connectivity index (χ4v) is 1.58. The molecule has 0 rings (SSSR count). The van der Waals surface area contributed by atoms with E-state index in [9.17, 15) is 0 Å². The molecule has 11 heavy (non-hydrogen) atoms. The van der Waals surface area contributed by atoms with E-state index in [1.54, 1.807) is 0 Å². The molecule has 0 spiro atoms. The van der Waals surface area contributed by atoms with Gasteiger partial charge in [-0.05, 0) is 24.7 Å². The molecule has 0 heterocycles. The molecular weight excluding hydrogens is 134 g/mol. The number of nitrogens with two attached hydrogens (primary N) is 1. The molecule has 0 fully saturated rings. The van der Waals surface area contributed by atoms with Crippen LogP contribution < -0.4 is 5.73 Å². The number of hydrogen-bond donors (Lipinski definition) is 1. The molecule has 2 unspecified atom stereocenters. The molecule has 0 bridgehead atoms. The summed E-state index contributed by atoms with van der Waals surface area (Å²) in [6, 6.07) is 0.346. The molecule has 0 saturated heterocycles. The van der Waals surface area contributed by atoms with Crippen molar-refractivity contribution in [2.45, 2.75) is 53.5 Å². The topological polar surface area (TPSA) is 26.0 Å². The van der Waals surface area contributed by atoms with Gasteiger partial charge in [-0.15, -0.1) is 0 Å². The van der Waals surface area contributed by atoms with Gasteiger partial charge in [0, 0.05) is 6.04 Å². The largest absolute Gasteiger partial charge is 0.328 e. The van der Waals surface area contributed by atoms with Crippen LogP contribution >= 0.6 is 0 Å². The summed E-state index contributed by atoms with van der Waals surface area (Å²) < 4.78 is 0. The fourth-order valence-electron chi connectivity index (χ4n) is 1.58. The second-order valence-corrected chi connectivity index (χ2v) is 4.68. The van der Waals surface area contributed by atoms with Gasteiger partial charge in [0.25, 0.3) is 0 Å². The quantitative estimate of drug-likeness (QED) is 0.670. The van der Waals surface area contributed by atoms with Crippen LogP contribution in [-0.4, -0.2) is 6.04 Å². The summed E-state index contributed by atoms with van der Waals surface area (Å²) in [5.74, 6) is 0.766. The van der Waals surface area contributed by atoms with Crippen molar-refractivity contribution in [1.82, 2.24) is 0 Å². The predicted octanol–water partition coefficient (Wildman–Crippen LogP) is 2.80. The third kappa shape index (κ3) is 4.41. The zero-order valence-electron chi connectivity index (χ0n) is 8.65. The van der Waals surface area contributed by atoms with Gasteiger partial charge in [0.05, 0.1) is 0 Å². The lowest BCUT2D eigenvalue weighted by Crippen LogP contribution is -2.27. The molecule has 1 nitrogen and oxygen atoms in total. The minimum atomic E-state index is 0.346. The Morgan fingerprint density at radius 3 is 1.82 bits per heavy atom. The van der Waals surface area contributed by atoms with E-state index in [2.05, 4.69) is 34.6 Å². The Kier molecular flexibility index (Phi) is 4.09. The van der Waals surface area contributed by atoms with Crippen LogP contribution in [0.5, 0.6) is 0 Å². The number of hydrogen-bond acceptors (Lipinski definition) is 1. The Balaban J connectivity index is 3.96. The SMILES string of the molecule is CCC(CC(C)N)C(C)(C)C. The standard InChI is InChI=1S/C10H23N/c1-6-9(7-8(2)11)10(3,4)5/h8-9H,6-7,11H2,1-5H3. The lowest BCUT2D eigenvalue weighted by atomic mass is 9.76. The first-order chi connectivity index (χ1) is 4.88. The van der Waals surface area contributed by atoms with Crippen molar-refractivity contribution in [2.75, 3.05) is 0 Å². The minimum absolute atomic E-state index is 0.346. The monoisotopic (exact) mass is 157 g/mol. The second-order valence-electron chi connectivity index (χ2n) is 4.68. The van der Waals surface area contributed by atoms with Gasteiger partial charge in [-0.1, -0.05) is 34.1 Å². The van der Waals surface area contributed by atoms with E-state index in [-0.39, 0.29) is 0 Å². The van der Waals surface area contributed by atoms with Crippen LogP contribution in [0.25, 0.3) is 0 Å². The van der Waals surface area contributed by atoms with Crippen molar-refractivity contribution in [2.24, 2.45) is 17.1 Å². The Morgan fingerprint density at radius 2 is 1.73 bits per heavy atom. The van der Waals surface area contributed by atoms with Gasteiger partial charge in [0.1, 0.15) is 0 Å². The minimum Gasteiger partial charge on any atom is -0.328 e. The van der Waals surface area contributed by atoms with Crippen LogP contribution in [-0.2, 0) is 0 Å². The Morgan fingerprint density at radius 1 is 1.27 bits per heavy atom.